The molecular formula is C12H14N4OS. The lowest BCUT2D eigenvalue weighted by atomic mass is 10.3. The number of amides is 1. The van der Waals surface area contributed by atoms with Crippen LogP contribution in [0.15, 0.2) is 29.2 Å². The number of hydrogen-bond donors (Lipinski definition) is 2. The van der Waals surface area contributed by atoms with Crippen LogP contribution in [-0.4, -0.2) is 27.3 Å². The highest BCUT2D eigenvalue weighted by Crippen LogP contribution is 2.24. The van der Waals surface area contributed by atoms with Crippen molar-refractivity contribution in [2.24, 2.45) is 0 Å². The van der Waals surface area contributed by atoms with Crippen molar-refractivity contribution >= 4 is 23.4 Å². The Morgan fingerprint density at radius 1 is 1.44 bits per heavy atom. The molecule has 1 aromatic carbocycles. The molecule has 94 valence electrons. The fraction of sp³-hybridized carbons (Fsp3) is 0.250. The largest absolute Gasteiger partial charge is 0.318 e. The number of benzene rings is 1. The van der Waals surface area contributed by atoms with E-state index in [0.29, 0.717) is 5.82 Å². The number of rotatable bonds is 4. The van der Waals surface area contributed by atoms with Crippen LogP contribution in [-0.2, 0) is 6.42 Å². The van der Waals surface area contributed by atoms with Crippen molar-refractivity contribution in [1.29, 1.82) is 0 Å². The molecule has 0 radical (unpaired) electrons. The fourth-order valence-electron chi connectivity index (χ4n) is 1.48. The Morgan fingerprint density at radius 3 is 2.89 bits per heavy atom. The first-order chi connectivity index (χ1) is 8.74. The number of H-pyrrole nitrogens is 1. The van der Waals surface area contributed by atoms with Gasteiger partial charge < -0.3 is 5.32 Å². The zero-order valence-corrected chi connectivity index (χ0v) is 11.0. The Morgan fingerprint density at radius 2 is 2.22 bits per heavy atom. The zero-order valence-electron chi connectivity index (χ0n) is 10.2. The Hall–Kier alpha value is -1.82. The fourth-order valence-corrected chi connectivity index (χ4v) is 2.03. The van der Waals surface area contributed by atoms with E-state index in [9.17, 15) is 4.79 Å². The Kier molecular flexibility index (Phi) is 3.99. The standard InChI is InChI=1S/C12H14N4OS/c1-3-10-14-11(16-15-10)12(17)13-8-6-4-5-7-9(8)18-2/h4-7H,3H2,1-2H3,(H,13,17)(H,14,15,16). The smallest absolute Gasteiger partial charge is 0.295 e. The summed E-state index contributed by atoms with van der Waals surface area (Å²) >= 11 is 1.58. The van der Waals surface area contributed by atoms with E-state index in [1.54, 1.807) is 11.8 Å². The number of anilines is 1. The van der Waals surface area contributed by atoms with Gasteiger partial charge in [-0.15, -0.1) is 16.9 Å². The van der Waals surface area contributed by atoms with Crippen molar-refractivity contribution < 1.29 is 4.79 Å². The lowest BCUT2D eigenvalue weighted by molar-refractivity contribution is 0.101. The Balaban J connectivity index is 2.16. The summed E-state index contributed by atoms with van der Waals surface area (Å²) in [6.45, 7) is 1.95. The minimum atomic E-state index is -0.299. The van der Waals surface area contributed by atoms with Crippen molar-refractivity contribution in [3.63, 3.8) is 0 Å². The van der Waals surface area contributed by atoms with Crippen LogP contribution in [0.2, 0.25) is 0 Å². The highest BCUT2D eigenvalue weighted by Gasteiger charge is 2.13. The molecule has 2 aromatic rings. The van der Waals surface area contributed by atoms with Crippen LogP contribution < -0.4 is 5.32 Å². The van der Waals surface area contributed by atoms with Gasteiger partial charge >= 0.3 is 0 Å². The first kappa shape index (κ1) is 12.6. The lowest BCUT2D eigenvalue weighted by Crippen LogP contribution is -2.14. The van der Waals surface area contributed by atoms with Crippen LogP contribution in [0.3, 0.4) is 0 Å². The molecule has 5 nitrogen and oxygen atoms in total. The van der Waals surface area contributed by atoms with Crippen LogP contribution >= 0.6 is 11.8 Å². The van der Waals surface area contributed by atoms with Crippen LogP contribution in [0.25, 0.3) is 0 Å². The van der Waals surface area contributed by atoms with Crippen LogP contribution in [0.4, 0.5) is 5.69 Å². The predicted molar refractivity (Wildman–Crippen MR) is 71.9 cm³/mol. The molecule has 0 bridgehead atoms. The minimum absolute atomic E-state index is 0.169. The van der Waals surface area contributed by atoms with Gasteiger partial charge in [-0.05, 0) is 18.4 Å². The zero-order chi connectivity index (χ0) is 13.0. The summed E-state index contributed by atoms with van der Waals surface area (Å²) < 4.78 is 0. The molecule has 0 aliphatic rings. The van der Waals surface area contributed by atoms with Crippen molar-refractivity contribution in [1.82, 2.24) is 15.2 Å². The monoisotopic (exact) mass is 262 g/mol. The second-order valence-corrected chi connectivity index (χ2v) is 4.46. The second-order valence-electron chi connectivity index (χ2n) is 3.61. The van der Waals surface area contributed by atoms with Gasteiger partial charge in [0.15, 0.2) is 0 Å². The highest BCUT2D eigenvalue weighted by atomic mass is 32.2. The predicted octanol–water partition coefficient (Wildman–Crippen LogP) is 2.34. The van der Waals surface area contributed by atoms with Crippen LogP contribution in [0, 0.1) is 0 Å². The first-order valence-corrected chi connectivity index (χ1v) is 6.82. The van der Waals surface area contributed by atoms with E-state index < -0.39 is 0 Å². The third kappa shape index (κ3) is 2.70. The molecular weight excluding hydrogens is 248 g/mol. The summed E-state index contributed by atoms with van der Waals surface area (Å²) in [5.74, 6) is 0.577. The van der Waals surface area contributed by atoms with Crippen molar-refractivity contribution in [3.05, 3.63) is 35.9 Å². The Bertz CT molecular complexity index is 553. The molecule has 0 unspecified atom stereocenters. The summed E-state index contributed by atoms with van der Waals surface area (Å²) in [5.41, 5.74) is 0.776. The molecule has 0 aliphatic carbocycles. The van der Waals surface area contributed by atoms with Gasteiger partial charge in [-0.25, -0.2) is 4.98 Å². The highest BCUT2D eigenvalue weighted by molar-refractivity contribution is 7.98. The van der Waals surface area contributed by atoms with E-state index in [-0.39, 0.29) is 11.7 Å². The molecule has 2 rings (SSSR count). The minimum Gasteiger partial charge on any atom is -0.318 e. The van der Waals surface area contributed by atoms with E-state index in [4.69, 9.17) is 0 Å². The average Bonchev–Trinajstić information content (AvgIpc) is 2.88. The van der Waals surface area contributed by atoms with Gasteiger partial charge in [-0.2, -0.15) is 0 Å². The van der Waals surface area contributed by atoms with Gasteiger partial charge in [0.25, 0.3) is 5.91 Å². The number of carbonyl (C=O) groups is 1. The second kappa shape index (κ2) is 5.68. The number of aryl methyl sites for hydroxylation is 1. The van der Waals surface area contributed by atoms with Crippen molar-refractivity contribution in [2.75, 3.05) is 11.6 Å². The molecule has 1 amide bonds. The van der Waals surface area contributed by atoms with Crippen molar-refractivity contribution in [2.45, 2.75) is 18.2 Å². The maximum atomic E-state index is 11.9. The molecule has 0 saturated heterocycles. The van der Waals surface area contributed by atoms with Gasteiger partial charge in [0.1, 0.15) is 5.82 Å². The summed E-state index contributed by atoms with van der Waals surface area (Å²) in [7, 11) is 0. The van der Waals surface area contributed by atoms with Gasteiger partial charge in [0, 0.05) is 11.3 Å². The average molecular weight is 262 g/mol. The SMILES string of the molecule is CCc1nc(C(=O)Nc2ccccc2SC)n[nH]1. The van der Waals surface area contributed by atoms with Crippen LogP contribution in [0.1, 0.15) is 23.4 Å². The molecule has 1 aromatic heterocycles. The molecule has 0 atom stereocenters. The third-order valence-corrected chi connectivity index (χ3v) is 3.22. The number of hydrogen-bond acceptors (Lipinski definition) is 4. The molecule has 0 fully saturated rings. The molecule has 0 saturated carbocycles. The summed E-state index contributed by atoms with van der Waals surface area (Å²) in [5, 5.41) is 9.42. The number of carbonyl (C=O) groups excluding carboxylic acids is 1. The third-order valence-electron chi connectivity index (χ3n) is 2.42. The summed E-state index contributed by atoms with van der Waals surface area (Å²) in [6, 6.07) is 7.63. The first-order valence-electron chi connectivity index (χ1n) is 5.60. The molecule has 18 heavy (non-hydrogen) atoms. The molecule has 2 N–H and O–H groups in total. The molecule has 0 aliphatic heterocycles. The maximum absolute atomic E-state index is 11.9. The normalized spacial score (nSPS) is 10.3. The van der Waals surface area contributed by atoms with Gasteiger partial charge in [0.2, 0.25) is 5.82 Å². The van der Waals surface area contributed by atoms with E-state index in [1.165, 1.54) is 0 Å². The number of aromatic nitrogens is 3. The lowest BCUT2D eigenvalue weighted by Gasteiger charge is -2.06. The molecule has 6 heteroatoms. The molecule has 0 spiro atoms. The van der Waals surface area contributed by atoms with E-state index in [1.807, 2.05) is 37.4 Å². The summed E-state index contributed by atoms with van der Waals surface area (Å²) in [6.07, 6.45) is 2.69. The van der Waals surface area contributed by atoms with E-state index in [0.717, 1.165) is 17.0 Å². The molecule has 1 heterocycles. The number of para-hydroxylation sites is 1. The van der Waals surface area contributed by atoms with E-state index in [2.05, 4.69) is 20.5 Å². The number of nitrogens with zero attached hydrogens (tertiary/aromatic N) is 2. The Labute approximate surface area is 109 Å². The number of nitrogens with one attached hydrogen (secondary N) is 2. The van der Waals surface area contributed by atoms with Gasteiger partial charge in [0.05, 0.1) is 5.69 Å². The number of thioether (sulfide) groups is 1. The van der Waals surface area contributed by atoms with Crippen molar-refractivity contribution in [3.8, 4) is 0 Å². The van der Waals surface area contributed by atoms with Gasteiger partial charge in [-0.3, -0.25) is 9.89 Å². The topological polar surface area (TPSA) is 70.7 Å². The number of aromatic amines is 1. The quantitative estimate of drug-likeness (QED) is 0.830. The van der Waals surface area contributed by atoms with E-state index >= 15 is 0 Å². The van der Waals surface area contributed by atoms with Crippen LogP contribution in [0.5, 0.6) is 0 Å². The maximum Gasteiger partial charge on any atom is 0.295 e. The summed E-state index contributed by atoms with van der Waals surface area (Å²) in [4.78, 5) is 17.1. The van der Waals surface area contributed by atoms with Gasteiger partial charge in [-0.1, -0.05) is 19.1 Å².